The lowest BCUT2D eigenvalue weighted by molar-refractivity contribution is -0.137. The number of aliphatic imine (C=N–C) groups is 2. The van der Waals surface area contributed by atoms with Crippen molar-refractivity contribution in [2.24, 2.45) is 21.8 Å². The summed E-state index contributed by atoms with van der Waals surface area (Å²) in [5.74, 6) is 0.954. The van der Waals surface area contributed by atoms with Gasteiger partial charge in [0.1, 0.15) is 0 Å². The van der Waals surface area contributed by atoms with Crippen LogP contribution in [0, 0.1) is 11.8 Å². The number of hydrogen-bond acceptors (Lipinski definition) is 9. The number of rotatable bonds is 11. The minimum absolute atomic E-state index is 0.0682. The average Bonchev–Trinajstić information content (AvgIpc) is 3.87. The van der Waals surface area contributed by atoms with Crippen molar-refractivity contribution in [1.29, 1.82) is 0 Å². The second-order valence-electron chi connectivity index (χ2n) is 12.0. The molecule has 3 aliphatic rings. The number of likely N-dealkylation sites (tertiary alicyclic amines) is 1. The first-order valence-corrected chi connectivity index (χ1v) is 16.6. The summed E-state index contributed by atoms with van der Waals surface area (Å²) in [7, 11) is 0. The van der Waals surface area contributed by atoms with Crippen molar-refractivity contribution in [2.45, 2.75) is 38.6 Å². The molecule has 0 unspecified atom stereocenters. The number of aliphatic carboxylic acids is 1. The van der Waals surface area contributed by atoms with Crippen molar-refractivity contribution in [3.8, 4) is 17.1 Å². The summed E-state index contributed by atoms with van der Waals surface area (Å²) in [5.41, 5.74) is 2.50. The van der Waals surface area contributed by atoms with Crippen LogP contribution < -0.4 is 15.4 Å². The van der Waals surface area contributed by atoms with E-state index in [0.717, 1.165) is 56.4 Å². The van der Waals surface area contributed by atoms with Gasteiger partial charge in [0.05, 0.1) is 37.8 Å². The number of nitrogens with one attached hydrogen (secondary N) is 2. The number of allylic oxidation sites excluding steroid dienone is 1. The van der Waals surface area contributed by atoms with Gasteiger partial charge in [-0.3, -0.25) is 29.4 Å². The highest BCUT2D eigenvalue weighted by Gasteiger charge is 2.30. The number of piperidine rings is 1. The second kappa shape index (κ2) is 16.9. The number of carbonyl (C=O) groups excluding carboxylic acids is 1. The highest BCUT2D eigenvalue weighted by molar-refractivity contribution is 6.35. The molecule has 0 atom stereocenters. The molecule has 1 aromatic carbocycles. The average molecular weight is 671 g/mol. The number of carbonyl (C=O) groups is 2. The number of ether oxygens (including phenoxy) is 1. The summed E-state index contributed by atoms with van der Waals surface area (Å²) < 4.78 is 6.27. The number of aromatic nitrogens is 1. The summed E-state index contributed by atoms with van der Waals surface area (Å²) in [6.45, 7) is 6.04. The third kappa shape index (κ3) is 11.1. The van der Waals surface area contributed by atoms with E-state index < -0.39 is 5.97 Å². The molecule has 1 aliphatic carbocycles. The van der Waals surface area contributed by atoms with Crippen molar-refractivity contribution < 1.29 is 19.4 Å². The van der Waals surface area contributed by atoms with Gasteiger partial charge >= 0.3 is 5.97 Å². The van der Waals surface area contributed by atoms with Crippen molar-refractivity contribution in [2.75, 3.05) is 52.4 Å². The van der Waals surface area contributed by atoms with Crippen LogP contribution in [0.1, 0.15) is 37.7 Å². The Morgan fingerprint density at radius 1 is 0.957 bits per heavy atom. The predicted octanol–water partition coefficient (Wildman–Crippen LogP) is 4.49. The Morgan fingerprint density at radius 3 is 2.41 bits per heavy atom. The molecule has 11 nitrogen and oxygen atoms in total. The van der Waals surface area contributed by atoms with Crippen LogP contribution in [0.5, 0.6) is 5.88 Å². The number of carboxylic acid groups (broad SMARTS) is 1. The SMILES string of the molecule is O=C(O)CCN1CCN=CN/C=C(/Oc2cc(CN3CCC(CNC(=O)C4CC4)CC3)cc(-c3cc(Cl)cc(Cl)c3)n2)C=NCC1. The van der Waals surface area contributed by atoms with E-state index in [9.17, 15) is 9.59 Å². The van der Waals surface area contributed by atoms with Crippen LogP contribution >= 0.6 is 23.2 Å². The van der Waals surface area contributed by atoms with E-state index in [0.29, 0.717) is 72.6 Å². The second-order valence-corrected chi connectivity index (χ2v) is 12.8. The van der Waals surface area contributed by atoms with Crippen LogP contribution in [-0.2, 0) is 16.1 Å². The largest absolute Gasteiger partial charge is 0.481 e. The van der Waals surface area contributed by atoms with E-state index in [1.807, 2.05) is 29.2 Å². The van der Waals surface area contributed by atoms with E-state index in [1.54, 1.807) is 24.8 Å². The molecule has 0 bridgehead atoms. The van der Waals surface area contributed by atoms with Crippen LogP contribution in [-0.4, -0.2) is 96.7 Å². The number of amides is 1. The fraction of sp³-hybridized carbons (Fsp3) is 0.485. The van der Waals surface area contributed by atoms with Crippen molar-refractivity contribution >= 4 is 47.6 Å². The normalized spacial score (nSPS) is 19.7. The van der Waals surface area contributed by atoms with Gasteiger partial charge in [-0.1, -0.05) is 23.2 Å². The minimum Gasteiger partial charge on any atom is -0.481 e. The number of pyridine rings is 1. The molecule has 1 aromatic heterocycles. The van der Waals surface area contributed by atoms with Crippen molar-refractivity contribution in [1.82, 2.24) is 25.4 Å². The van der Waals surface area contributed by atoms with Gasteiger partial charge < -0.3 is 20.5 Å². The molecular formula is C33H41Cl2N7O4. The third-order valence-corrected chi connectivity index (χ3v) is 8.65. The smallest absolute Gasteiger partial charge is 0.304 e. The number of carboxylic acids is 1. The van der Waals surface area contributed by atoms with Crippen LogP contribution in [0.25, 0.3) is 11.3 Å². The molecule has 1 saturated carbocycles. The Hall–Kier alpha value is -3.51. The predicted molar refractivity (Wildman–Crippen MR) is 181 cm³/mol. The molecular weight excluding hydrogens is 629 g/mol. The molecule has 1 amide bonds. The molecule has 0 radical (unpaired) electrons. The first-order valence-electron chi connectivity index (χ1n) is 15.8. The number of nitrogens with zero attached hydrogens (tertiary/aromatic N) is 5. The van der Waals surface area contributed by atoms with Crippen LogP contribution in [0.15, 0.2) is 52.3 Å². The Morgan fingerprint density at radius 2 is 1.70 bits per heavy atom. The Labute approximate surface area is 279 Å². The lowest BCUT2D eigenvalue weighted by atomic mass is 9.96. The summed E-state index contributed by atoms with van der Waals surface area (Å²) in [4.78, 5) is 41.3. The van der Waals surface area contributed by atoms with Crippen LogP contribution in [0.3, 0.4) is 0 Å². The fourth-order valence-corrected chi connectivity index (χ4v) is 6.01. The Kier molecular flexibility index (Phi) is 12.4. The lowest BCUT2D eigenvalue weighted by Crippen LogP contribution is -2.38. The molecule has 5 rings (SSSR count). The molecule has 2 aromatic rings. The minimum atomic E-state index is -0.828. The zero-order valence-electron chi connectivity index (χ0n) is 25.8. The van der Waals surface area contributed by atoms with E-state index in [-0.39, 0.29) is 18.2 Å². The molecule has 246 valence electrons. The summed E-state index contributed by atoms with van der Waals surface area (Å²) in [6, 6.07) is 9.32. The molecule has 1 saturated heterocycles. The van der Waals surface area contributed by atoms with E-state index in [4.69, 9.17) is 38.0 Å². The summed E-state index contributed by atoms with van der Waals surface area (Å²) >= 11 is 12.7. The molecule has 2 fully saturated rings. The summed E-state index contributed by atoms with van der Waals surface area (Å²) in [6.07, 6.45) is 9.06. The van der Waals surface area contributed by atoms with Gasteiger partial charge in [0.2, 0.25) is 11.8 Å². The van der Waals surface area contributed by atoms with E-state index >= 15 is 0 Å². The van der Waals surface area contributed by atoms with Crippen molar-refractivity contribution in [3.63, 3.8) is 0 Å². The van der Waals surface area contributed by atoms with Gasteiger partial charge in [0, 0.05) is 66.5 Å². The first-order chi connectivity index (χ1) is 22.3. The highest BCUT2D eigenvalue weighted by atomic mass is 35.5. The number of hydrogen-bond donors (Lipinski definition) is 3. The number of halogens is 2. The number of benzene rings is 1. The molecule has 2 aliphatic heterocycles. The van der Waals surface area contributed by atoms with Gasteiger partial charge in [-0.05, 0) is 74.5 Å². The third-order valence-electron chi connectivity index (χ3n) is 8.21. The van der Waals surface area contributed by atoms with Gasteiger partial charge in [-0.25, -0.2) is 4.98 Å². The Balaban J connectivity index is 1.29. The lowest BCUT2D eigenvalue weighted by Gasteiger charge is -2.32. The van der Waals surface area contributed by atoms with Crippen LogP contribution in [0.2, 0.25) is 10.0 Å². The Bertz CT molecular complexity index is 1440. The highest BCUT2D eigenvalue weighted by Crippen LogP contribution is 2.31. The fourth-order valence-electron chi connectivity index (χ4n) is 5.49. The molecule has 3 N–H and O–H groups in total. The van der Waals surface area contributed by atoms with Crippen LogP contribution in [0.4, 0.5) is 0 Å². The van der Waals surface area contributed by atoms with Gasteiger partial charge in [-0.15, -0.1) is 0 Å². The molecule has 0 spiro atoms. The monoisotopic (exact) mass is 669 g/mol. The maximum absolute atomic E-state index is 12.1. The zero-order chi connectivity index (χ0) is 32.3. The maximum Gasteiger partial charge on any atom is 0.304 e. The van der Waals surface area contributed by atoms with Gasteiger partial charge in [0.15, 0.2) is 5.76 Å². The maximum atomic E-state index is 12.1. The van der Waals surface area contributed by atoms with Gasteiger partial charge in [-0.2, -0.15) is 0 Å². The van der Waals surface area contributed by atoms with E-state index in [1.165, 1.54) is 0 Å². The molecule has 46 heavy (non-hydrogen) atoms. The first kappa shape index (κ1) is 33.8. The molecule has 13 heteroatoms. The van der Waals surface area contributed by atoms with E-state index in [2.05, 4.69) is 25.5 Å². The quantitative estimate of drug-likeness (QED) is 0.319. The van der Waals surface area contributed by atoms with Gasteiger partial charge in [0.25, 0.3) is 0 Å². The summed E-state index contributed by atoms with van der Waals surface area (Å²) in [5, 5.41) is 16.3. The zero-order valence-corrected chi connectivity index (χ0v) is 27.3. The standard InChI is InChI=1S/C33H41Cl2N7O4/c34-27-15-26(16-28(35)17-27)30-13-24(21-42-8-3-23(4-9-42)18-39-33(45)25-1-2-25)14-31(40-30)46-29-19-36-6-11-41(10-5-32(43)44)12-7-37-22-38-20-29/h13-17,19-20,22-23,25H,1-12,18,21H2,(H,37,38)(H,39,45)(H,43,44)/b29-20+,36-19?. The topological polar surface area (TPSA) is 132 Å². The van der Waals surface area contributed by atoms with Crippen molar-refractivity contribution in [3.05, 3.63) is 57.9 Å². The molecule has 3 heterocycles.